The molecule has 0 saturated carbocycles. The van der Waals surface area contributed by atoms with Crippen LogP contribution in [-0.4, -0.2) is 16.2 Å². The van der Waals surface area contributed by atoms with Crippen molar-refractivity contribution < 1.29 is 0 Å². The van der Waals surface area contributed by atoms with Gasteiger partial charge in [0.2, 0.25) is 0 Å². The van der Waals surface area contributed by atoms with Crippen LogP contribution in [0.15, 0.2) is 11.4 Å². The largest absolute Gasteiger partial charge is 0.383 e. The van der Waals surface area contributed by atoms with E-state index in [1.807, 2.05) is 0 Å². The van der Waals surface area contributed by atoms with Gasteiger partial charge in [-0.1, -0.05) is 0 Å². The molecule has 0 fully saturated rings. The molecule has 4 nitrogen and oxygen atoms in total. The van der Waals surface area contributed by atoms with E-state index in [-0.39, 0.29) is 5.82 Å². The molecule has 10 heavy (non-hydrogen) atoms. The molecule has 0 unspecified atom stereocenters. The molecule has 0 aliphatic heterocycles. The van der Waals surface area contributed by atoms with Gasteiger partial charge in [-0.2, -0.15) is 0 Å². The van der Waals surface area contributed by atoms with E-state index in [0.717, 1.165) is 6.21 Å². The number of nitrogens with two attached hydrogens (primary N) is 1. The minimum atomic E-state index is 0.287. The Balaban J connectivity index is 3.30. The highest BCUT2D eigenvalue weighted by Gasteiger charge is 2.00. The standard InChI is InChI=1S/C5H6N4S/c6-1-3-4(7)8-2-9-5(3)10/h1-2,6H,(H3,7,8,9,10). The first-order valence-corrected chi connectivity index (χ1v) is 3.00. The van der Waals surface area contributed by atoms with Crippen molar-refractivity contribution in [3.05, 3.63) is 11.9 Å². The maximum atomic E-state index is 6.89. The number of nitrogen functional groups attached to an aromatic ring is 1. The summed E-state index contributed by atoms with van der Waals surface area (Å²) in [6.45, 7) is 0. The van der Waals surface area contributed by atoms with Gasteiger partial charge in [0.15, 0.2) is 0 Å². The fourth-order valence-electron chi connectivity index (χ4n) is 0.538. The van der Waals surface area contributed by atoms with Gasteiger partial charge in [0.05, 0.1) is 5.56 Å². The molecule has 5 heteroatoms. The molecule has 1 aromatic heterocycles. The highest BCUT2D eigenvalue weighted by atomic mass is 32.1. The number of anilines is 1. The molecule has 0 aliphatic carbocycles. The second-order valence-corrected chi connectivity index (χ2v) is 2.06. The monoisotopic (exact) mass is 154 g/mol. The molecular formula is C5H6N4S. The van der Waals surface area contributed by atoms with Gasteiger partial charge in [0.1, 0.15) is 17.2 Å². The first kappa shape index (κ1) is 7.01. The Morgan fingerprint density at radius 2 is 2.30 bits per heavy atom. The van der Waals surface area contributed by atoms with E-state index < -0.39 is 0 Å². The Hall–Kier alpha value is -1.10. The third kappa shape index (κ3) is 1.08. The molecule has 0 amide bonds. The molecule has 0 radical (unpaired) electrons. The molecule has 0 aromatic carbocycles. The van der Waals surface area contributed by atoms with Crippen molar-refractivity contribution in [2.75, 3.05) is 5.73 Å². The topological polar surface area (TPSA) is 75.7 Å². The summed E-state index contributed by atoms with van der Waals surface area (Å²) < 4.78 is 0. The van der Waals surface area contributed by atoms with Crippen LogP contribution in [0.2, 0.25) is 0 Å². The minimum Gasteiger partial charge on any atom is -0.383 e. The number of thiol groups is 1. The van der Waals surface area contributed by atoms with Crippen LogP contribution in [0.1, 0.15) is 5.56 Å². The highest BCUT2D eigenvalue weighted by Crippen LogP contribution is 2.11. The van der Waals surface area contributed by atoms with E-state index in [1.165, 1.54) is 6.33 Å². The van der Waals surface area contributed by atoms with Crippen molar-refractivity contribution in [2.24, 2.45) is 0 Å². The van der Waals surface area contributed by atoms with Crippen molar-refractivity contribution in [3.63, 3.8) is 0 Å². The van der Waals surface area contributed by atoms with Crippen LogP contribution in [-0.2, 0) is 0 Å². The Bertz CT molecular complexity index is 240. The van der Waals surface area contributed by atoms with E-state index >= 15 is 0 Å². The summed E-state index contributed by atoms with van der Waals surface area (Å²) >= 11 is 3.97. The number of hydrogen-bond acceptors (Lipinski definition) is 5. The smallest absolute Gasteiger partial charge is 0.136 e. The second kappa shape index (κ2) is 2.66. The fraction of sp³-hybridized carbons (Fsp3) is 0. The van der Waals surface area contributed by atoms with E-state index in [0.29, 0.717) is 10.6 Å². The van der Waals surface area contributed by atoms with Gasteiger partial charge in [-0.15, -0.1) is 12.6 Å². The fourth-order valence-corrected chi connectivity index (χ4v) is 0.769. The van der Waals surface area contributed by atoms with Gasteiger partial charge >= 0.3 is 0 Å². The predicted molar refractivity (Wildman–Crippen MR) is 41.6 cm³/mol. The molecule has 0 aliphatic rings. The molecule has 0 bridgehead atoms. The van der Waals surface area contributed by atoms with E-state index in [9.17, 15) is 0 Å². The number of hydrogen-bond donors (Lipinski definition) is 3. The zero-order valence-corrected chi connectivity index (χ0v) is 5.97. The van der Waals surface area contributed by atoms with Crippen LogP contribution in [0, 0.1) is 5.41 Å². The molecule has 1 heterocycles. The maximum absolute atomic E-state index is 6.89. The quantitative estimate of drug-likeness (QED) is 0.310. The lowest BCUT2D eigenvalue weighted by molar-refractivity contribution is 1.05. The molecule has 0 atom stereocenters. The first-order chi connectivity index (χ1) is 4.75. The Morgan fingerprint density at radius 3 is 2.70 bits per heavy atom. The van der Waals surface area contributed by atoms with Crippen molar-refractivity contribution in [3.8, 4) is 0 Å². The van der Waals surface area contributed by atoms with E-state index in [1.54, 1.807) is 0 Å². The van der Waals surface area contributed by atoms with E-state index in [4.69, 9.17) is 11.1 Å². The number of rotatable bonds is 1. The maximum Gasteiger partial charge on any atom is 0.136 e. The molecule has 0 saturated heterocycles. The Kier molecular flexibility index (Phi) is 1.86. The summed E-state index contributed by atoms with van der Waals surface area (Å²) in [5.74, 6) is 0.287. The summed E-state index contributed by atoms with van der Waals surface area (Å²) in [7, 11) is 0. The SMILES string of the molecule is N=Cc1c(N)ncnc1S. The molecule has 1 aromatic rings. The van der Waals surface area contributed by atoms with Gasteiger partial charge in [-0.3, -0.25) is 0 Å². The summed E-state index contributed by atoms with van der Waals surface area (Å²) in [6, 6.07) is 0. The van der Waals surface area contributed by atoms with Gasteiger partial charge in [-0.25, -0.2) is 9.97 Å². The van der Waals surface area contributed by atoms with Gasteiger partial charge < -0.3 is 11.1 Å². The first-order valence-electron chi connectivity index (χ1n) is 2.55. The minimum absolute atomic E-state index is 0.287. The molecule has 52 valence electrons. The Labute approximate surface area is 63.4 Å². The number of aromatic nitrogens is 2. The summed E-state index contributed by atoms with van der Waals surface area (Å²) in [5, 5.41) is 7.32. The summed E-state index contributed by atoms with van der Waals surface area (Å²) in [4.78, 5) is 7.41. The van der Waals surface area contributed by atoms with Gasteiger partial charge in [0, 0.05) is 6.21 Å². The van der Waals surface area contributed by atoms with Gasteiger partial charge in [-0.05, 0) is 0 Å². The normalized spacial score (nSPS) is 9.30. The van der Waals surface area contributed by atoms with Crippen LogP contribution in [0.4, 0.5) is 5.82 Å². The molecular weight excluding hydrogens is 148 g/mol. The lowest BCUT2D eigenvalue weighted by Gasteiger charge is -1.97. The number of nitrogens with one attached hydrogen (secondary N) is 1. The lowest BCUT2D eigenvalue weighted by Crippen LogP contribution is -1.98. The zero-order valence-electron chi connectivity index (χ0n) is 5.07. The van der Waals surface area contributed by atoms with E-state index in [2.05, 4.69) is 22.6 Å². The zero-order chi connectivity index (χ0) is 7.56. The number of nitrogens with zero attached hydrogens (tertiary/aromatic N) is 2. The lowest BCUT2D eigenvalue weighted by atomic mass is 10.3. The third-order valence-corrected chi connectivity index (χ3v) is 1.39. The second-order valence-electron chi connectivity index (χ2n) is 1.64. The van der Waals surface area contributed by atoms with Crippen LogP contribution >= 0.6 is 12.6 Å². The van der Waals surface area contributed by atoms with Crippen LogP contribution < -0.4 is 5.73 Å². The highest BCUT2D eigenvalue weighted by molar-refractivity contribution is 7.80. The van der Waals surface area contributed by atoms with Gasteiger partial charge in [0.25, 0.3) is 0 Å². The van der Waals surface area contributed by atoms with Crippen LogP contribution in [0.25, 0.3) is 0 Å². The molecule has 0 spiro atoms. The average Bonchev–Trinajstić information content (AvgIpc) is 1.88. The Morgan fingerprint density at radius 1 is 1.60 bits per heavy atom. The molecule has 1 rings (SSSR count). The van der Waals surface area contributed by atoms with Crippen LogP contribution in [0.3, 0.4) is 0 Å². The van der Waals surface area contributed by atoms with Crippen molar-refractivity contribution in [1.29, 1.82) is 5.41 Å². The van der Waals surface area contributed by atoms with Crippen molar-refractivity contribution in [2.45, 2.75) is 5.03 Å². The van der Waals surface area contributed by atoms with Crippen LogP contribution in [0.5, 0.6) is 0 Å². The van der Waals surface area contributed by atoms with Crippen molar-refractivity contribution >= 4 is 24.7 Å². The third-order valence-electron chi connectivity index (χ3n) is 1.04. The summed E-state index contributed by atoms with van der Waals surface area (Å²) in [5.41, 5.74) is 5.84. The summed E-state index contributed by atoms with van der Waals surface area (Å²) in [6.07, 6.45) is 2.39. The average molecular weight is 154 g/mol. The predicted octanol–water partition coefficient (Wildman–Crippen LogP) is 0.345. The molecule has 3 N–H and O–H groups in total. The van der Waals surface area contributed by atoms with Crippen molar-refractivity contribution in [1.82, 2.24) is 9.97 Å².